The lowest BCUT2D eigenvalue weighted by Crippen LogP contribution is -2.36. The molecule has 0 aliphatic rings. The molecule has 0 heterocycles. The second-order valence-electron chi connectivity index (χ2n) is 3.95. The van der Waals surface area contributed by atoms with Gasteiger partial charge in [0.05, 0.1) is 12.8 Å². The number of nitrogen functional groups attached to an aromatic ring is 1. The molecular weight excluding hydrogens is 232 g/mol. The lowest BCUT2D eigenvalue weighted by Gasteiger charge is -2.15. The molecule has 0 saturated carbocycles. The Morgan fingerprint density at radius 3 is 2.78 bits per heavy atom. The van der Waals surface area contributed by atoms with Crippen molar-refractivity contribution in [2.24, 2.45) is 0 Å². The summed E-state index contributed by atoms with van der Waals surface area (Å²) in [6.45, 7) is 4.35. The van der Waals surface area contributed by atoms with Crippen LogP contribution in [0.2, 0.25) is 0 Å². The molecule has 0 radical (unpaired) electrons. The summed E-state index contributed by atoms with van der Waals surface area (Å²) in [4.78, 5) is 11.6. The number of hydrogen-bond acceptors (Lipinski definition) is 4. The van der Waals surface area contributed by atoms with Gasteiger partial charge in [-0.3, -0.25) is 4.79 Å². The Balaban J connectivity index is 2.61. The van der Waals surface area contributed by atoms with Crippen LogP contribution in [0, 0.1) is 0 Å². The summed E-state index contributed by atoms with van der Waals surface area (Å²) in [6, 6.07) is 5.07. The Bertz CT molecular complexity index is 407. The van der Waals surface area contributed by atoms with Gasteiger partial charge in [-0.25, -0.2) is 0 Å². The molecule has 3 N–H and O–H groups in total. The van der Waals surface area contributed by atoms with E-state index in [9.17, 15) is 4.79 Å². The second kappa shape index (κ2) is 6.74. The quantitative estimate of drug-likeness (QED) is 0.754. The van der Waals surface area contributed by atoms with E-state index in [0.717, 1.165) is 6.42 Å². The van der Waals surface area contributed by atoms with E-state index >= 15 is 0 Å². The molecule has 0 aliphatic carbocycles. The highest BCUT2D eigenvalue weighted by atomic mass is 16.5. The van der Waals surface area contributed by atoms with Crippen LogP contribution in [-0.2, 0) is 4.79 Å². The highest BCUT2D eigenvalue weighted by molar-refractivity contribution is 5.80. The molecule has 0 saturated heterocycles. The van der Waals surface area contributed by atoms with Gasteiger partial charge in [-0.2, -0.15) is 0 Å². The van der Waals surface area contributed by atoms with Crippen LogP contribution >= 0.6 is 0 Å². The average Bonchev–Trinajstić information content (AvgIpc) is 2.36. The summed E-state index contributed by atoms with van der Waals surface area (Å²) in [5.74, 6) is 1.00. The van der Waals surface area contributed by atoms with Crippen LogP contribution in [0.3, 0.4) is 0 Å². The topological polar surface area (TPSA) is 73.6 Å². The van der Waals surface area contributed by atoms with Crippen LogP contribution in [0.25, 0.3) is 0 Å². The van der Waals surface area contributed by atoms with E-state index < -0.39 is 6.10 Å². The van der Waals surface area contributed by atoms with Crippen LogP contribution in [0.1, 0.15) is 20.3 Å². The molecule has 1 aromatic carbocycles. The molecular formula is C13H20N2O3. The van der Waals surface area contributed by atoms with Crippen molar-refractivity contribution in [3.63, 3.8) is 0 Å². The zero-order chi connectivity index (χ0) is 13.5. The standard InChI is InChI=1S/C13H20N2O3/c1-4-7-15-13(16)9(2)18-10-5-6-12(17-3)11(14)8-10/h5-6,8-9H,4,7,14H2,1-3H3,(H,15,16). The summed E-state index contributed by atoms with van der Waals surface area (Å²) >= 11 is 0. The van der Waals surface area contributed by atoms with Gasteiger partial charge in [0.25, 0.3) is 5.91 Å². The van der Waals surface area contributed by atoms with E-state index in [4.69, 9.17) is 15.2 Å². The van der Waals surface area contributed by atoms with E-state index in [0.29, 0.717) is 23.7 Å². The normalized spacial score (nSPS) is 11.7. The predicted molar refractivity (Wildman–Crippen MR) is 70.8 cm³/mol. The Morgan fingerprint density at radius 1 is 1.50 bits per heavy atom. The number of benzene rings is 1. The van der Waals surface area contributed by atoms with Crippen LogP contribution in [0.4, 0.5) is 5.69 Å². The average molecular weight is 252 g/mol. The van der Waals surface area contributed by atoms with Crippen molar-refractivity contribution in [2.75, 3.05) is 19.4 Å². The first-order valence-electron chi connectivity index (χ1n) is 5.96. The summed E-state index contributed by atoms with van der Waals surface area (Å²) < 4.78 is 10.6. The first kappa shape index (κ1) is 14.2. The van der Waals surface area contributed by atoms with Crippen LogP contribution in [0.15, 0.2) is 18.2 Å². The van der Waals surface area contributed by atoms with E-state index in [1.165, 1.54) is 0 Å². The number of ether oxygens (including phenoxy) is 2. The minimum atomic E-state index is -0.552. The molecule has 0 spiro atoms. The molecule has 1 unspecified atom stereocenters. The van der Waals surface area contributed by atoms with E-state index in [1.807, 2.05) is 6.92 Å². The van der Waals surface area contributed by atoms with Crippen LogP contribution in [-0.4, -0.2) is 25.7 Å². The van der Waals surface area contributed by atoms with Gasteiger partial charge in [0.1, 0.15) is 11.5 Å². The van der Waals surface area contributed by atoms with Gasteiger partial charge in [0.2, 0.25) is 0 Å². The van der Waals surface area contributed by atoms with Gasteiger partial charge in [0, 0.05) is 12.6 Å². The Kier molecular flexibility index (Phi) is 5.30. The number of carbonyl (C=O) groups excluding carboxylic acids is 1. The monoisotopic (exact) mass is 252 g/mol. The van der Waals surface area contributed by atoms with Gasteiger partial charge in [0.15, 0.2) is 6.10 Å². The fourth-order valence-electron chi connectivity index (χ4n) is 1.44. The van der Waals surface area contributed by atoms with Crippen molar-refractivity contribution in [1.82, 2.24) is 5.32 Å². The molecule has 1 rings (SSSR count). The molecule has 0 bridgehead atoms. The Labute approximate surface area is 107 Å². The van der Waals surface area contributed by atoms with Gasteiger partial charge in [-0.05, 0) is 25.5 Å². The minimum absolute atomic E-state index is 0.133. The summed E-state index contributed by atoms with van der Waals surface area (Å²) in [5.41, 5.74) is 6.24. The highest BCUT2D eigenvalue weighted by Gasteiger charge is 2.14. The smallest absolute Gasteiger partial charge is 0.260 e. The number of amides is 1. The molecule has 0 fully saturated rings. The third-order valence-electron chi connectivity index (χ3n) is 2.43. The molecule has 5 nitrogen and oxygen atoms in total. The maximum atomic E-state index is 11.6. The lowest BCUT2D eigenvalue weighted by molar-refractivity contribution is -0.127. The van der Waals surface area contributed by atoms with Crippen molar-refractivity contribution in [1.29, 1.82) is 0 Å². The molecule has 5 heteroatoms. The number of hydrogen-bond donors (Lipinski definition) is 2. The zero-order valence-corrected chi connectivity index (χ0v) is 11.0. The third kappa shape index (κ3) is 3.84. The predicted octanol–water partition coefficient (Wildman–Crippen LogP) is 1.57. The Morgan fingerprint density at radius 2 is 2.22 bits per heavy atom. The summed E-state index contributed by atoms with van der Waals surface area (Å²) in [7, 11) is 1.55. The molecule has 18 heavy (non-hydrogen) atoms. The number of nitrogens with two attached hydrogens (primary N) is 1. The molecule has 0 aliphatic heterocycles. The lowest BCUT2D eigenvalue weighted by atomic mass is 10.2. The van der Waals surface area contributed by atoms with Gasteiger partial charge in [-0.15, -0.1) is 0 Å². The molecule has 0 aromatic heterocycles. The summed E-state index contributed by atoms with van der Waals surface area (Å²) in [5, 5.41) is 2.77. The maximum Gasteiger partial charge on any atom is 0.260 e. The first-order valence-corrected chi connectivity index (χ1v) is 5.96. The number of nitrogens with one attached hydrogen (secondary N) is 1. The molecule has 1 aromatic rings. The Hall–Kier alpha value is -1.91. The van der Waals surface area contributed by atoms with Crippen molar-refractivity contribution in [3.8, 4) is 11.5 Å². The number of rotatable bonds is 6. The largest absolute Gasteiger partial charge is 0.495 e. The minimum Gasteiger partial charge on any atom is -0.495 e. The number of methoxy groups -OCH3 is 1. The first-order chi connectivity index (χ1) is 8.58. The van der Waals surface area contributed by atoms with Crippen molar-refractivity contribution in [2.45, 2.75) is 26.4 Å². The maximum absolute atomic E-state index is 11.6. The molecule has 100 valence electrons. The van der Waals surface area contributed by atoms with Crippen LogP contribution < -0.4 is 20.5 Å². The fourth-order valence-corrected chi connectivity index (χ4v) is 1.44. The van der Waals surface area contributed by atoms with Crippen molar-refractivity contribution < 1.29 is 14.3 Å². The number of anilines is 1. The third-order valence-corrected chi connectivity index (χ3v) is 2.43. The van der Waals surface area contributed by atoms with E-state index in [1.54, 1.807) is 32.2 Å². The van der Waals surface area contributed by atoms with E-state index in [-0.39, 0.29) is 5.91 Å². The van der Waals surface area contributed by atoms with Gasteiger partial charge in [-0.1, -0.05) is 6.92 Å². The molecule has 1 amide bonds. The van der Waals surface area contributed by atoms with Crippen molar-refractivity contribution in [3.05, 3.63) is 18.2 Å². The second-order valence-corrected chi connectivity index (χ2v) is 3.95. The zero-order valence-electron chi connectivity index (χ0n) is 11.0. The van der Waals surface area contributed by atoms with Gasteiger partial charge >= 0.3 is 0 Å². The molecule has 1 atom stereocenters. The number of carbonyl (C=O) groups is 1. The van der Waals surface area contributed by atoms with E-state index in [2.05, 4.69) is 5.32 Å². The SMILES string of the molecule is CCCNC(=O)C(C)Oc1ccc(OC)c(N)c1. The summed E-state index contributed by atoms with van der Waals surface area (Å²) in [6.07, 6.45) is 0.345. The van der Waals surface area contributed by atoms with Crippen molar-refractivity contribution >= 4 is 11.6 Å². The highest BCUT2D eigenvalue weighted by Crippen LogP contribution is 2.26. The van der Waals surface area contributed by atoms with Crippen LogP contribution in [0.5, 0.6) is 11.5 Å². The van der Waals surface area contributed by atoms with Gasteiger partial charge < -0.3 is 20.5 Å². The fraction of sp³-hybridized carbons (Fsp3) is 0.462.